The van der Waals surface area contributed by atoms with Crippen LogP contribution in [-0.2, 0) is 9.59 Å². The van der Waals surface area contributed by atoms with Crippen LogP contribution in [0, 0.1) is 0 Å². The molecular weight excluding hydrogens is 352 g/mol. The van der Waals surface area contributed by atoms with E-state index in [4.69, 9.17) is 4.42 Å². The zero-order valence-electron chi connectivity index (χ0n) is 15.8. The minimum Gasteiger partial charge on any atom is -0.463 e. The van der Waals surface area contributed by atoms with Crippen LogP contribution in [0.1, 0.15) is 32.4 Å². The molecule has 2 heterocycles. The average Bonchev–Trinajstić information content (AvgIpc) is 3.37. The van der Waals surface area contributed by atoms with Crippen molar-refractivity contribution >= 4 is 23.1 Å². The van der Waals surface area contributed by atoms with E-state index in [2.05, 4.69) is 5.10 Å². The maximum atomic E-state index is 13.4. The molecule has 0 bridgehead atoms. The van der Waals surface area contributed by atoms with Crippen LogP contribution in [0.25, 0.3) is 0 Å². The zero-order chi connectivity index (χ0) is 19.7. The minimum atomic E-state index is -0.236. The molecule has 1 amide bonds. The third kappa shape index (κ3) is 2.95. The van der Waals surface area contributed by atoms with Gasteiger partial charge in [0.15, 0.2) is 11.5 Å². The summed E-state index contributed by atoms with van der Waals surface area (Å²) in [6.07, 6.45) is 6.39. The van der Waals surface area contributed by atoms with Crippen molar-refractivity contribution in [1.82, 2.24) is 0 Å². The number of rotatable bonds is 4. The first-order valence-corrected chi connectivity index (χ1v) is 9.36. The number of hydrogen-bond acceptors (Lipinski definition) is 4. The average molecular weight is 372 g/mol. The predicted octanol–water partition coefficient (Wildman–Crippen LogP) is 4.58. The van der Waals surface area contributed by atoms with E-state index in [1.807, 2.05) is 56.3 Å². The van der Waals surface area contributed by atoms with Crippen LogP contribution in [0.3, 0.4) is 0 Å². The summed E-state index contributed by atoms with van der Waals surface area (Å²) in [5, 5.41) is 5.95. The fourth-order valence-corrected chi connectivity index (χ4v) is 3.42. The van der Waals surface area contributed by atoms with Crippen LogP contribution in [0.2, 0.25) is 0 Å². The molecule has 4 rings (SSSR count). The molecule has 5 nitrogen and oxygen atoms in total. The van der Waals surface area contributed by atoms with Gasteiger partial charge in [0, 0.05) is 11.1 Å². The molecule has 1 aliphatic heterocycles. The number of hydrazone groups is 1. The lowest BCUT2D eigenvalue weighted by Gasteiger charge is -2.16. The lowest BCUT2D eigenvalue weighted by Crippen LogP contribution is -2.23. The summed E-state index contributed by atoms with van der Waals surface area (Å²) < 4.78 is 5.55. The Morgan fingerprint density at radius 2 is 1.61 bits per heavy atom. The highest BCUT2D eigenvalue weighted by Gasteiger charge is 2.36. The van der Waals surface area contributed by atoms with Crippen LogP contribution >= 0.6 is 0 Å². The molecule has 140 valence electrons. The smallest absolute Gasteiger partial charge is 0.281 e. The van der Waals surface area contributed by atoms with Crippen molar-refractivity contribution in [2.24, 2.45) is 5.10 Å². The molecule has 28 heavy (non-hydrogen) atoms. The summed E-state index contributed by atoms with van der Waals surface area (Å²) in [5.74, 6) is 0.334. The summed E-state index contributed by atoms with van der Waals surface area (Å²) >= 11 is 0. The van der Waals surface area contributed by atoms with Crippen molar-refractivity contribution < 1.29 is 14.0 Å². The normalized spacial score (nSPS) is 17.1. The van der Waals surface area contributed by atoms with Gasteiger partial charge in [0.05, 0.1) is 17.5 Å². The molecule has 0 fully saturated rings. The second-order valence-corrected chi connectivity index (χ2v) is 6.58. The number of carbonyl (C=O) groups excluding carboxylic acids is 2. The van der Waals surface area contributed by atoms with E-state index in [-0.39, 0.29) is 11.7 Å². The van der Waals surface area contributed by atoms with Gasteiger partial charge in [-0.15, -0.1) is 0 Å². The van der Waals surface area contributed by atoms with Gasteiger partial charge in [-0.05, 0) is 54.8 Å². The van der Waals surface area contributed by atoms with Crippen molar-refractivity contribution in [3.63, 3.8) is 0 Å². The minimum absolute atomic E-state index is 0.0520. The number of benzene rings is 1. The maximum Gasteiger partial charge on any atom is 0.281 e. The van der Waals surface area contributed by atoms with Crippen LogP contribution in [0.5, 0.6) is 0 Å². The largest absolute Gasteiger partial charge is 0.463 e. The molecule has 0 spiro atoms. The second-order valence-electron chi connectivity index (χ2n) is 6.58. The molecule has 2 aromatic rings. The van der Waals surface area contributed by atoms with Crippen LogP contribution in [-0.4, -0.2) is 17.4 Å². The number of nitrogens with zero attached hydrogens (tertiary/aromatic N) is 2. The third-order valence-corrected chi connectivity index (χ3v) is 4.89. The number of anilines is 1. The molecule has 1 aromatic heterocycles. The van der Waals surface area contributed by atoms with E-state index in [1.165, 1.54) is 5.01 Å². The molecule has 5 heteroatoms. The Bertz CT molecular complexity index is 1030. The van der Waals surface area contributed by atoms with Crippen molar-refractivity contribution in [3.8, 4) is 0 Å². The molecule has 0 saturated heterocycles. The Kier molecular flexibility index (Phi) is 4.65. The first-order chi connectivity index (χ1) is 13.6. The van der Waals surface area contributed by atoms with Gasteiger partial charge in [0.1, 0.15) is 5.71 Å². The van der Waals surface area contributed by atoms with Crippen molar-refractivity contribution in [2.75, 3.05) is 5.01 Å². The van der Waals surface area contributed by atoms with E-state index < -0.39 is 0 Å². The Labute approximate surface area is 163 Å². The maximum absolute atomic E-state index is 13.4. The number of furan rings is 1. The Hall–Kier alpha value is -3.47. The summed E-state index contributed by atoms with van der Waals surface area (Å²) in [5.41, 5.74) is 3.70. The highest BCUT2D eigenvalue weighted by Crippen LogP contribution is 2.32. The van der Waals surface area contributed by atoms with E-state index in [1.54, 1.807) is 18.4 Å². The van der Waals surface area contributed by atoms with E-state index >= 15 is 0 Å². The van der Waals surface area contributed by atoms with Gasteiger partial charge >= 0.3 is 0 Å². The highest BCUT2D eigenvalue weighted by atomic mass is 16.3. The number of amides is 1. The van der Waals surface area contributed by atoms with Crippen molar-refractivity contribution in [1.29, 1.82) is 0 Å². The first kappa shape index (κ1) is 17.9. The molecule has 0 unspecified atom stereocenters. The van der Waals surface area contributed by atoms with Gasteiger partial charge in [-0.1, -0.05) is 32.0 Å². The standard InChI is InChI=1S/C23H20N2O3/c1-3-15-13-17(14-16(4-2)22(15)26)20-21(19-11-8-12-28-19)24-25(23(20)27)18-9-6-5-7-10-18/h5-14H,3-4H2,1-2H3. The van der Waals surface area contributed by atoms with Gasteiger partial charge in [-0.25, -0.2) is 0 Å². The molecule has 0 atom stereocenters. The SMILES string of the molecule is CCC1=CC(=C2C(=O)N(c3ccccc3)N=C2c2ccco2)C=C(CC)C1=O. The van der Waals surface area contributed by atoms with Crippen molar-refractivity contribution in [2.45, 2.75) is 26.7 Å². The van der Waals surface area contributed by atoms with Crippen LogP contribution in [0.4, 0.5) is 5.69 Å². The lowest BCUT2D eigenvalue weighted by atomic mass is 9.87. The number of para-hydroxylation sites is 1. The van der Waals surface area contributed by atoms with Gasteiger partial charge in [-0.3, -0.25) is 9.59 Å². The summed E-state index contributed by atoms with van der Waals surface area (Å²) in [7, 11) is 0. The van der Waals surface area contributed by atoms with Gasteiger partial charge < -0.3 is 4.42 Å². The Balaban J connectivity index is 1.92. The highest BCUT2D eigenvalue weighted by molar-refractivity contribution is 6.35. The zero-order valence-corrected chi connectivity index (χ0v) is 15.8. The summed E-state index contributed by atoms with van der Waals surface area (Å²) in [4.78, 5) is 25.9. The summed E-state index contributed by atoms with van der Waals surface area (Å²) in [6, 6.07) is 12.8. The molecule has 1 aliphatic carbocycles. The Morgan fingerprint density at radius 1 is 0.929 bits per heavy atom. The van der Waals surface area contributed by atoms with Gasteiger partial charge in [0.2, 0.25) is 0 Å². The van der Waals surface area contributed by atoms with Crippen molar-refractivity contribution in [3.05, 3.63) is 88.9 Å². The fraction of sp³-hybridized carbons (Fsp3) is 0.174. The number of carbonyl (C=O) groups is 2. The van der Waals surface area contributed by atoms with Gasteiger partial charge in [0.25, 0.3) is 5.91 Å². The Morgan fingerprint density at radius 3 is 2.18 bits per heavy atom. The van der Waals surface area contributed by atoms with E-state index in [9.17, 15) is 9.59 Å². The number of ketones is 1. The molecule has 0 radical (unpaired) electrons. The molecule has 0 saturated carbocycles. The molecule has 2 aliphatic rings. The monoisotopic (exact) mass is 372 g/mol. The first-order valence-electron chi connectivity index (χ1n) is 9.36. The van der Waals surface area contributed by atoms with Crippen LogP contribution in [0.15, 0.2) is 92.7 Å². The fourth-order valence-electron chi connectivity index (χ4n) is 3.42. The number of Topliss-reactive ketones (excluding diaryl/α,β-unsaturated/α-hetero) is 1. The number of hydrogen-bond donors (Lipinski definition) is 0. The topological polar surface area (TPSA) is 62.9 Å². The molecule has 0 N–H and O–H groups in total. The van der Waals surface area contributed by atoms with E-state index in [0.29, 0.717) is 52.3 Å². The molecule has 1 aromatic carbocycles. The van der Waals surface area contributed by atoms with Gasteiger partial charge in [-0.2, -0.15) is 10.1 Å². The summed E-state index contributed by atoms with van der Waals surface area (Å²) in [6.45, 7) is 3.89. The predicted molar refractivity (Wildman–Crippen MR) is 108 cm³/mol. The van der Waals surface area contributed by atoms with E-state index in [0.717, 1.165) is 0 Å². The lowest BCUT2D eigenvalue weighted by molar-refractivity contribution is -0.114. The second kappa shape index (κ2) is 7.27. The number of allylic oxidation sites excluding steroid dienone is 5. The molecular formula is C23H20N2O3. The third-order valence-electron chi connectivity index (χ3n) is 4.89. The quantitative estimate of drug-likeness (QED) is 0.738. The van der Waals surface area contributed by atoms with Crippen LogP contribution < -0.4 is 5.01 Å².